The van der Waals surface area contributed by atoms with Crippen molar-refractivity contribution in [1.29, 1.82) is 0 Å². The van der Waals surface area contributed by atoms with Crippen molar-refractivity contribution in [3.63, 3.8) is 0 Å². The largest absolute Gasteiger partial charge is 0.382 e. The van der Waals surface area contributed by atoms with Gasteiger partial charge in [-0.2, -0.15) is 15.0 Å². The van der Waals surface area contributed by atoms with Crippen LogP contribution in [0.1, 0.15) is 25.6 Å². The summed E-state index contributed by atoms with van der Waals surface area (Å²) in [7, 11) is 3.26. The zero-order valence-corrected chi connectivity index (χ0v) is 19.4. The molecule has 0 aliphatic carbocycles. The van der Waals surface area contributed by atoms with Crippen LogP contribution >= 0.6 is 0 Å². The Morgan fingerprint density at radius 2 is 1.94 bits per heavy atom. The molecule has 0 radical (unpaired) electrons. The van der Waals surface area contributed by atoms with Gasteiger partial charge < -0.3 is 24.7 Å². The Labute approximate surface area is 195 Å². The summed E-state index contributed by atoms with van der Waals surface area (Å²) in [6, 6.07) is -0.108. The highest BCUT2D eigenvalue weighted by molar-refractivity contribution is 5.57. The second-order valence-electron chi connectivity index (χ2n) is 8.21. The lowest BCUT2D eigenvalue weighted by Crippen LogP contribution is -2.46. The summed E-state index contributed by atoms with van der Waals surface area (Å²) in [6.07, 6.45) is 4.17. The number of hydrogen-bond acceptors (Lipinski definition) is 10. The quantitative estimate of drug-likeness (QED) is 0.543. The van der Waals surface area contributed by atoms with E-state index in [1.807, 2.05) is 18.7 Å². The molecule has 3 atom stereocenters. The minimum atomic E-state index is -0.877. The van der Waals surface area contributed by atoms with Crippen LogP contribution in [0, 0.1) is 11.6 Å². The number of aromatic nitrogens is 6. The first-order chi connectivity index (χ1) is 16.2. The number of anilines is 4. The number of rotatable bonds is 7. The first kappa shape index (κ1) is 23.7. The average Bonchev–Trinajstić information content (AvgIpc) is 3.18. The molecular formula is C21H27F2N9O2. The Morgan fingerprint density at radius 1 is 1.21 bits per heavy atom. The topological polar surface area (TPSA) is 120 Å². The second kappa shape index (κ2) is 9.81. The summed E-state index contributed by atoms with van der Waals surface area (Å²) in [5.74, 6) is -0.758. The van der Waals surface area contributed by atoms with Crippen LogP contribution < -0.4 is 15.5 Å². The lowest BCUT2D eigenvalue weighted by Gasteiger charge is -2.36. The number of halogens is 2. The zero-order valence-electron chi connectivity index (χ0n) is 19.4. The molecule has 1 saturated heterocycles. The maximum atomic E-state index is 14.8. The van der Waals surface area contributed by atoms with E-state index in [2.05, 4.69) is 24.9 Å². The van der Waals surface area contributed by atoms with Gasteiger partial charge in [0.25, 0.3) is 0 Å². The third-order valence-corrected chi connectivity index (χ3v) is 5.27. The number of hydrogen-bond donors (Lipinski definition) is 1. The normalized spacial score (nSPS) is 19.3. The third-order valence-electron chi connectivity index (χ3n) is 5.27. The molecule has 13 heteroatoms. The molecule has 3 aromatic rings. The van der Waals surface area contributed by atoms with Crippen molar-refractivity contribution in [2.24, 2.45) is 7.05 Å². The van der Waals surface area contributed by atoms with Crippen LogP contribution in [0.3, 0.4) is 0 Å². The zero-order chi connectivity index (χ0) is 24.4. The Kier molecular flexibility index (Phi) is 6.84. The van der Waals surface area contributed by atoms with E-state index in [4.69, 9.17) is 15.2 Å². The van der Waals surface area contributed by atoms with Crippen molar-refractivity contribution in [3.8, 4) is 0 Å². The summed E-state index contributed by atoms with van der Waals surface area (Å²) in [6.45, 7) is 5.04. The van der Waals surface area contributed by atoms with Crippen molar-refractivity contribution in [1.82, 2.24) is 29.5 Å². The molecule has 11 nitrogen and oxygen atoms in total. The van der Waals surface area contributed by atoms with Crippen LogP contribution in [0.4, 0.5) is 32.4 Å². The van der Waals surface area contributed by atoms with E-state index in [-0.39, 0.29) is 36.4 Å². The highest BCUT2D eigenvalue weighted by Crippen LogP contribution is 2.34. The summed E-state index contributed by atoms with van der Waals surface area (Å²) in [5.41, 5.74) is 6.02. The van der Waals surface area contributed by atoms with Crippen LogP contribution in [-0.4, -0.2) is 68.5 Å². The Bertz CT molecular complexity index is 1140. The third kappa shape index (κ3) is 5.04. The van der Waals surface area contributed by atoms with Crippen molar-refractivity contribution in [2.75, 3.05) is 42.3 Å². The number of nitrogen functional groups attached to an aromatic ring is 1. The van der Waals surface area contributed by atoms with Crippen LogP contribution in [0.5, 0.6) is 0 Å². The van der Waals surface area contributed by atoms with Gasteiger partial charge in [0.15, 0.2) is 5.82 Å². The van der Waals surface area contributed by atoms with Crippen LogP contribution in [0.25, 0.3) is 0 Å². The van der Waals surface area contributed by atoms with Gasteiger partial charge in [0.05, 0.1) is 31.3 Å². The van der Waals surface area contributed by atoms with Gasteiger partial charge in [-0.15, -0.1) is 0 Å². The minimum Gasteiger partial charge on any atom is -0.382 e. The van der Waals surface area contributed by atoms with Gasteiger partial charge in [0.1, 0.15) is 23.4 Å². The van der Waals surface area contributed by atoms with Crippen LogP contribution in [0.15, 0.2) is 24.8 Å². The first-order valence-electron chi connectivity index (χ1n) is 10.7. The molecule has 4 rings (SSSR count). The Morgan fingerprint density at radius 3 is 2.56 bits per heavy atom. The van der Waals surface area contributed by atoms with E-state index in [9.17, 15) is 8.78 Å². The van der Waals surface area contributed by atoms with Crippen molar-refractivity contribution in [3.05, 3.63) is 42.1 Å². The number of imidazole rings is 1. The number of ether oxygens (including phenoxy) is 2. The van der Waals surface area contributed by atoms with Gasteiger partial charge >= 0.3 is 0 Å². The maximum Gasteiger partial charge on any atom is 0.238 e. The molecule has 2 N–H and O–H groups in total. The van der Waals surface area contributed by atoms with Gasteiger partial charge in [0, 0.05) is 39.5 Å². The summed E-state index contributed by atoms with van der Waals surface area (Å²) in [4.78, 5) is 25.2. The Hall–Kier alpha value is -3.45. The van der Waals surface area contributed by atoms with E-state index in [1.54, 1.807) is 29.0 Å². The molecule has 0 amide bonds. The molecule has 1 aliphatic rings. The molecule has 4 heterocycles. The molecular weight excluding hydrogens is 448 g/mol. The van der Waals surface area contributed by atoms with Crippen LogP contribution in [0.2, 0.25) is 0 Å². The van der Waals surface area contributed by atoms with E-state index in [0.717, 1.165) is 12.3 Å². The van der Waals surface area contributed by atoms with E-state index < -0.39 is 17.7 Å². The monoisotopic (exact) mass is 475 g/mol. The molecule has 0 bridgehead atoms. The number of nitrogens with zero attached hydrogens (tertiary/aromatic N) is 8. The lowest BCUT2D eigenvalue weighted by atomic mass is 10.1. The van der Waals surface area contributed by atoms with Gasteiger partial charge in [-0.05, 0) is 13.8 Å². The van der Waals surface area contributed by atoms with Gasteiger partial charge in [0.2, 0.25) is 17.8 Å². The van der Waals surface area contributed by atoms with Crippen molar-refractivity contribution < 1.29 is 18.3 Å². The molecule has 1 aliphatic heterocycles. The molecule has 0 unspecified atom stereocenters. The number of nitrogens with two attached hydrogens (primary N) is 1. The second-order valence-corrected chi connectivity index (χ2v) is 8.21. The minimum absolute atomic E-state index is 0.0152. The molecule has 0 aromatic carbocycles. The molecule has 182 valence electrons. The number of pyridine rings is 1. The molecule has 0 spiro atoms. The number of aryl methyl sites for hydroxylation is 1. The van der Waals surface area contributed by atoms with E-state index in [0.29, 0.717) is 24.9 Å². The number of methoxy groups -OCH3 is 1. The highest BCUT2D eigenvalue weighted by atomic mass is 19.1. The summed E-state index contributed by atoms with van der Waals surface area (Å²) < 4.78 is 41.3. The highest BCUT2D eigenvalue weighted by Gasteiger charge is 2.32. The smallest absolute Gasteiger partial charge is 0.238 e. The standard InChI is InChI=1S/C21H27F2N9O2/c1-12-7-31(8-13(2)34-12)20-27-19(24)28-21(29-20)32(17-9-30(3)11-26-17)16(10-33-4)18-15(23)5-14(22)6-25-18/h5-6,9,11-13,16H,7-8,10H2,1-4H3,(H2,24,27,28,29)/t12-,13+,16-/m0/s1. The summed E-state index contributed by atoms with van der Waals surface area (Å²) in [5, 5.41) is 0. The average molecular weight is 476 g/mol. The number of morpholine rings is 1. The fourth-order valence-electron chi connectivity index (χ4n) is 3.99. The predicted octanol–water partition coefficient (Wildman–Crippen LogP) is 2.00. The van der Waals surface area contributed by atoms with E-state index >= 15 is 0 Å². The SMILES string of the molecule is COC[C@@H](c1ncc(F)cc1F)N(c1cn(C)cn1)c1nc(N)nc(N2C[C@@H](C)O[C@@H](C)C2)n1. The molecule has 0 saturated carbocycles. The Balaban J connectivity index is 1.83. The molecule has 3 aromatic heterocycles. The predicted molar refractivity (Wildman–Crippen MR) is 121 cm³/mol. The van der Waals surface area contributed by atoms with Crippen molar-refractivity contribution in [2.45, 2.75) is 32.1 Å². The van der Waals surface area contributed by atoms with Gasteiger partial charge in [-0.3, -0.25) is 9.88 Å². The summed E-state index contributed by atoms with van der Waals surface area (Å²) >= 11 is 0. The first-order valence-corrected chi connectivity index (χ1v) is 10.7. The lowest BCUT2D eigenvalue weighted by molar-refractivity contribution is -0.00572. The van der Waals surface area contributed by atoms with Gasteiger partial charge in [-0.1, -0.05) is 0 Å². The van der Waals surface area contributed by atoms with Crippen LogP contribution in [-0.2, 0) is 16.5 Å². The maximum absolute atomic E-state index is 14.8. The van der Waals surface area contributed by atoms with Gasteiger partial charge in [-0.25, -0.2) is 13.8 Å². The fourth-order valence-corrected chi connectivity index (χ4v) is 3.99. The van der Waals surface area contributed by atoms with Crippen molar-refractivity contribution >= 4 is 23.7 Å². The molecule has 1 fully saturated rings. The fraction of sp³-hybridized carbons (Fsp3) is 0.476. The molecule has 34 heavy (non-hydrogen) atoms. The van der Waals surface area contributed by atoms with E-state index in [1.165, 1.54) is 7.11 Å².